The van der Waals surface area contributed by atoms with Crippen molar-refractivity contribution in [3.63, 3.8) is 0 Å². The molecule has 0 radical (unpaired) electrons. The summed E-state index contributed by atoms with van der Waals surface area (Å²) in [6.07, 6.45) is -1.17. The molecule has 5 nitrogen and oxygen atoms in total. The highest BCUT2D eigenvalue weighted by atomic mass is 16.5. The molecule has 0 heterocycles. The van der Waals surface area contributed by atoms with Gasteiger partial charge in [0.15, 0.2) is 6.10 Å². The quantitative estimate of drug-likeness (QED) is 0.648. The molecule has 0 spiro atoms. The number of aliphatic hydroxyl groups excluding tert-OH is 1. The molecule has 108 valence electrons. The molecule has 0 amide bonds. The van der Waals surface area contributed by atoms with Crippen LogP contribution in [0.4, 0.5) is 0 Å². The molecular weight excluding hydrogens is 272 g/mol. The Morgan fingerprint density at radius 3 is 2.43 bits per heavy atom. The Hall–Kier alpha value is -2.66. The van der Waals surface area contributed by atoms with Gasteiger partial charge >= 0.3 is 11.9 Å². The van der Waals surface area contributed by atoms with Crippen molar-refractivity contribution in [3.8, 4) is 5.75 Å². The SMILES string of the molecule is O=C(O)c1cccc(OC(=O)C(O)Cc2ccccc2)c1. The minimum atomic E-state index is -1.30. The van der Waals surface area contributed by atoms with Crippen LogP contribution in [0.1, 0.15) is 15.9 Å². The van der Waals surface area contributed by atoms with Crippen molar-refractivity contribution in [2.24, 2.45) is 0 Å². The molecule has 0 saturated heterocycles. The van der Waals surface area contributed by atoms with Gasteiger partial charge in [0.1, 0.15) is 5.75 Å². The first-order valence-electron chi connectivity index (χ1n) is 6.33. The molecule has 0 bridgehead atoms. The van der Waals surface area contributed by atoms with Crippen LogP contribution >= 0.6 is 0 Å². The van der Waals surface area contributed by atoms with Gasteiger partial charge in [0.05, 0.1) is 5.56 Å². The van der Waals surface area contributed by atoms with Gasteiger partial charge in [-0.05, 0) is 23.8 Å². The molecule has 0 aliphatic rings. The van der Waals surface area contributed by atoms with Gasteiger partial charge < -0.3 is 14.9 Å². The lowest BCUT2D eigenvalue weighted by atomic mass is 10.1. The molecule has 1 atom stereocenters. The number of esters is 1. The minimum absolute atomic E-state index is 0.0119. The summed E-state index contributed by atoms with van der Waals surface area (Å²) in [7, 11) is 0. The number of aliphatic hydroxyl groups is 1. The second-order valence-corrected chi connectivity index (χ2v) is 4.46. The van der Waals surface area contributed by atoms with Crippen molar-refractivity contribution in [1.82, 2.24) is 0 Å². The van der Waals surface area contributed by atoms with Crippen LogP contribution in [-0.4, -0.2) is 28.3 Å². The van der Waals surface area contributed by atoms with Crippen molar-refractivity contribution in [2.75, 3.05) is 0 Å². The third-order valence-corrected chi connectivity index (χ3v) is 2.84. The first-order chi connectivity index (χ1) is 10.1. The fraction of sp³-hybridized carbons (Fsp3) is 0.125. The molecule has 0 aliphatic heterocycles. The lowest BCUT2D eigenvalue weighted by Crippen LogP contribution is -2.27. The number of hydrogen-bond donors (Lipinski definition) is 2. The molecule has 2 N–H and O–H groups in total. The Labute approximate surface area is 121 Å². The normalized spacial score (nSPS) is 11.7. The van der Waals surface area contributed by atoms with E-state index in [0.29, 0.717) is 0 Å². The highest BCUT2D eigenvalue weighted by Crippen LogP contribution is 2.15. The van der Waals surface area contributed by atoms with E-state index >= 15 is 0 Å². The molecular formula is C16H14O5. The largest absolute Gasteiger partial charge is 0.478 e. The highest BCUT2D eigenvalue weighted by Gasteiger charge is 2.18. The number of ether oxygens (including phenoxy) is 1. The fourth-order valence-electron chi connectivity index (χ4n) is 1.80. The monoisotopic (exact) mass is 286 g/mol. The fourth-order valence-corrected chi connectivity index (χ4v) is 1.80. The average molecular weight is 286 g/mol. The third kappa shape index (κ3) is 4.15. The number of benzene rings is 2. The van der Waals surface area contributed by atoms with E-state index in [2.05, 4.69) is 0 Å². The Morgan fingerprint density at radius 1 is 1.05 bits per heavy atom. The molecule has 0 fully saturated rings. The summed E-state index contributed by atoms with van der Waals surface area (Å²) in [4.78, 5) is 22.6. The molecule has 2 aromatic rings. The van der Waals surface area contributed by atoms with Crippen LogP contribution in [0.15, 0.2) is 54.6 Å². The summed E-state index contributed by atoms with van der Waals surface area (Å²) in [6, 6.07) is 14.6. The molecule has 0 aromatic heterocycles. The Kier molecular flexibility index (Phi) is 4.68. The molecule has 2 rings (SSSR count). The lowest BCUT2D eigenvalue weighted by molar-refractivity contribution is -0.143. The van der Waals surface area contributed by atoms with E-state index in [1.54, 1.807) is 12.1 Å². The second kappa shape index (κ2) is 6.67. The van der Waals surface area contributed by atoms with Crippen LogP contribution in [0.3, 0.4) is 0 Å². The van der Waals surface area contributed by atoms with E-state index in [-0.39, 0.29) is 17.7 Å². The Bertz CT molecular complexity index is 636. The van der Waals surface area contributed by atoms with Crippen LogP contribution in [0.2, 0.25) is 0 Å². The smallest absolute Gasteiger partial charge is 0.340 e. The van der Waals surface area contributed by atoms with Crippen molar-refractivity contribution in [1.29, 1.82) is 0 Å². The summed E-state index contributed by atoms with van der Waals surface area (Å²) in [5, 5.41) is 18.7. The van der Waals surface area contributed by atoms with Gasteiger partial charge in [-0.15, -0.1) is 0 Å². The summed E-state index contributed by atoms with van der Waals surface area (Å²) in [6.45, 7) is 0. The van der Waals surface area contributed by atoms with Gasteiger partial charge in [-0.2, -0.15) is 0 Å². The van der Waals surface area contributed by atoms with E-state index in [0.717, 1.165) is 5.56 Å². The van der Waals surface area contributed by atoms with Gasteiger partial charge in [0.25, 0.3) is 0 Å². The average Bonchev–Trinajstić information content (AvgIpc) is 2.48. The second-order valence-electron chi connectivity index (χ2n) is 4.46. The Balaban J connectivity index is 2.00. The number of rotatable bonds is 5. The topological polar surface area (TPSA) is 83.8 Å². The van der Waals surface area contributed by atoms with E-state index in [1.807, 2.05) is 18.2 Å². The number of aromatic carboxylic acids is 1. The molecule has 0 saturated carbocycles. The summed E-state index contributed by atoms with van der Waals surface area (Å²) < 4.78 is 4.99. The van der Waals surface area contributed by atoms with Crippen LogP contribution in [0.25, 0.3) is 0 Å². The first-order valence-corrected chi connectivity index (χ1v) is 6.33. The van der Waals surface area contributed by atoms with Crippen molar-refractivity contribution < 1.29 is 24.5 Å². The zero-order valence-electron chi connectivity index (χ0n) is 11.1. The number of carboxylic acid groups (broad SMARTS) is 1. The van der Waals surface area contributed by atoms with E-state index in [9.17, 15) is 14.7 Å². The third-order valence-electron chi connectivity index (χ3n) is 2.84. The van der Waals surface area contributed by atoms with Gasteiger partial charge in [-0.3, -0.25) is 0 Å². The lowest BCUT2D eigenvalue weighted by Gasteiger charge is -2.10. The summed E-state index contributed by atoms with van der Waals surface area (Å²) in [5.74, 6) is -1.84. The van der Waals surface area contributed by atoms with E-state index in [4.69, 9.17) is 9.84 Å². The maximum absolute atomic E-state index is 11.8. The van der Waals surface area contributed by atoms with Crippen LogP contribution in [0, 0.1) is 0 Å². The van der Waals surface area contributed by atoms with Gasteiger partial charge in [0.2, 0.25) is 0 Å². The molecule has 2 aromatic carbocycles. The minimum Gasteiger partial charge on any atom is -0.478 e. The maximum atomic E-state index is 11.8. The number of carbonyl (C=O) groups is 2. The van der Waals surface area contributed by atoms with Gasteiger partial charge in [0, 0.05) is 6.42 Å². The number of carbonyl (C=O) groups excluding carboxylic acids is 1. The van der Waals surface area contributed by atoms with Gasteiger partial charge in [-0.25, -0.2) is 9.59 Å². The van der Waals surface area contributed by atoms with Crippen molar-refractivity contribution in [2.45, 2.75) is 12.5 Å². The van der Waals surface area contributed by atoms with Crippen LogP contribution in [-0.2, 0) is 11.2 Å². The number of carboxylic acids is 1. The standard InChI is InChI=1S/C16H14O5/c17-14(9-11-5-2-1-3-6-11)16(20)21-13-8-4-7-12(10-13)15(18)19/h1-8,10,14,17H,9H2,(H,18,19). The predicted molar refractivity (Wildman–Crippen MR) is 75.2 cm³/mol. The van der Waals surface area contributed by atoms with Crippen LogP contribution < -0.4 is 4.74 Å². The van der Waals surface area contributed by atoms with Crippen molar-refractivity contribution in [3.05, 3.63) is 65.7 Å². The van der Waals surface area contributed by atoms with Crippen molar-refractivity contribution >= 4 is 11.9 Å². The molecule has 21 heavy (non-hydrogen) atoms. The Morgan fingerprint density at radius 2 is 1.76 bits per heavy atom. The zero-order chi connectivity index (χ0) is 15.2. The predicted octanol–water partition coefficient (Wildman–Crippen LogP) is 1.89. The molecule has 5 heteroatoms. The molecule has 0 aliphatic carbocycles. The highest BCUT2D eigenvalue weighted by molar-refractivity contribution is 5.88. The zero-order valence-corrected chi connectivity index (χ0v) is 11.1. The summed E-state index contributed by atoms with van der Waals surface area (Å²) >= 11 is 0. The van der Waals surface area contributed by atoms with Crippen LogP contribution in [0.5, 0.6) is 5.75 Å². The van der Waals surface area contributed by atoms with E-state index < -0.39 is 18.0 Å². The molecule has 1 unspecified atom stereocenters. The number of hydrogen-bond acceptors (Lipinski definition) is 4. The summed E-state index contributed by atoms with van der Waals surface area (Å²) in [5.41, 5.74) is 0.819. The first kappa shape index (κ1) is 14.7. The van der Waals surface area contributed by atoms with Gasteiger partial charge in [-0.1, -0.05) is 36.4 Å². The maximum Gasteiger partial charge on any atom is 0.340 e. The van der Waals surface area contributed by atoms with E-state index in [1.165, 1.54) is 24.3 Å².